The van der Waals surface area contributed by atoms with Crippen molar-refractivity contribution in [2.75, 3.05) is 18.1 Å². The standard InChI is InChI=1S/C14H16BrClN2O5S/c1-8-4-9(15)5-11(16)13(8)23-6-12(19)18-14(20)17-10-2-3-24(21,22)7-10/h4-5,10H,2-3,6-7H2,1H3,(H2,17,18,19,20)/t10-/m0/s1. The predicted molar refractivity (Wildman–Crippen MR) is 93.1 cm³/mol. The molecule has 1 fully saturated rings. The van der Waals surface area contributed by atoms with Gasteiger partial charge < -0.3 is 10.1 Å². The van der Waals surface area contributed by atoms with Crippen molar-refractivity contribution in [3.63, 3.8) is 0 Å². The maximum Gasteiger partial charge on any atom is 0.321 e. The average Bonchev–Trinajstić information content (AvgIpc) is 2.76. The fourth-order valence-corrected chi connectivity index (χ4v) is 5.00. The summed E-state index contributed by atoms with van der Waals surface area (Å²) in [5.41, 5.74) is 0.739. The number of urea groups is 1. The summed E-state index contributed by atoms with van der Waals surface area (Å²) in [7, 11) is -3.10. The van der Waals surface area contributed by atoms with Crippen LogP contribution in [0.2, 0.25) is 5.02 Å². The Morgan fingerprint density at radius 1 is 1.42 bits per heavy atom. The summed E-state index contributed by atoms with van der Waals surface area (Å²) in [6.45, 7) is 1.38. The van der Waals surface area contributed by atoms with Crippen LogP contribution < -0.4 is 15.4 Å². The summed E-state index contributed by atoms with van der Waals surface area (Å²) in [5.74, 6) is -0.376. The van der Waals surface area contributed by atoms with E-state index in [9.17, 15) is 18.0 Å². The molecule has 0 unspecified atom stereocenters. The van der Waals surface area contributed by atoms with Crippen LogP contribution in [0, 0.1) is 6.92 Å². The van der Waals surface area contributed by atoms with E-state index in [2.05, 4.69) is 26.6 Å². The molecule has 1 aromatic carbocycles. The average molecular weight is 440 g/mol. The minimum atomic E-state index is -3.10. The Labute approximate surface area is 153 Å². The quantitative estimate of drug-likeness (QED) is 0.745. The Kier molecular flexibility index (Phi) is 6.11. The SMILES string of the molecule is Cc1cc(Br)cc(Cl)c1OCC(=O)NC(=O)N[C@H]1CCS(=O)(=O)C1. The number of halogens is 2. The highest BCUT2D eigenvalue weighted by molar-refractivity contribution is 9.10. The van der Waals surface area contributed by atoms with Gasteiger partial charge in [-0.3, -0.25) is 10.1 Å². The third-order valence-corrected chi connectivity index (χ3v) is 5.87. The van der Waals surface area contributed by atoms with Crippen molar-refractivity contribution in [3.05, 3.63) is 27.2 Å². The van der Waals surface area contributed by atoms with Gasteiger partial charge in [0.25, 0.3) is 5.91 Å². The molecule has 1 aromatic rings. The maximum absolute atomic E-state index is 11.7. The number of imide groups is 1. The van der Waals surface area contributed by atoms with Crippen LogP contribution in [0.15, 0.2) is 16.6 Å². The van der Waals surface area contributed by atoms with Gasteiger partial charge in [-0.15, -0.1) is 0 Å². The zero-order chi connectivity index (χ0) is 17.9. The molecule has 0 radical (unpaired) electrons. The Morgan fingerprint density at radius 3 is 2.71 bits per heavy atom. The number of nitrogens with one attached hydrogen (secondary N) is 2. The largest absolute Gasteiger partial charge is 0.482 e. The fourth-order valence-electron chi connectivity index (χ4n) is 2.30. The van der Waals surface area contributed by atoms with Crippen LogP contribution in [0.4, 0.5) is 4.79 Å². The third kappa shape index (κ3) is 5.35. The first kappa shape index (κ1) is 19.0. The van der Waals surface area contributed by atoms with Gasteiger partial charge in [-0.05, 0) is 31.0 Å². The highest BCUT2D eigenvalue weighted by Gasteiger charge is 2.29. The van der Waals surface area contributed by atoms with E-state index in [1.165, 1.54) is 0 Å². The van der Waals surface area contributed by atoms with Gasteiger partial charge in [-0.25, -0.2) is 13.2 Å². The van der Waals surface area contributed by atoms with Crippen molar-refractivity contribution in [2.24, 2.45) is 0 Å². The zero-order valence-electron chi connectivity index (χ0n) is 12.8. The van der Waals surface area contributed by atoms with Crippen LogP contribution in [-0.2, 0) is 14.6 Å². The third-order valence-electron chi connectivity index (χ3n) is 3.36. The summed E-state index contributed by atoms with van der Waals surface area (Å²) < 4.78 is 28.8. The van der Waals surface area contributed by atoms with Gasteiger partial charge in [-0.1, -0.05) is 27.5 Å². The van der Waals surface area contributed by atoms with Gasteiger partial charge in [0.05, 0.1) is 16.5 Å². The number of carbonyl (C=O) groups is 2. The molecule has 0 saturated carbocycles. The number of benzene rings is 1. The lowest BCUT2D eigenvalue weighted by molar-refractivity contribution is -0.122. The van der Waals surface area contributed by atoms with Crippen molar-refractivity contribution >= 4 is 49.3 Å². The lowest BCUT2D eigenvalue weighted by atomic mass is 10.2. The van der Waals surface area contributed by atoms with Crippen molar-refractivity contribution in [1.82, 2.24) is 10.6 Å². The highest BCUT2D eigenvalue weighted by Crippen LogP contribution is 2.31. The van der Waals surface area contributed by atoms with E-state index >= 15 is 0 Å². The molecule has 132 valence electrons. The molecule has 10 heteroatoms. The summed E-state index contributed by atoms with van der Waals surface area (Å²) in [6.07, 6.45) is 0.341. The smallest absolute Gasteiger partial charge is 0.321 e. The molecule has 2 N–H and O–H groups in total. The predicted octanol–water partition coefficient (Wildman–Crippen LogP) is 1.80. The molecule has 0 bridgehead atoms. The molecular weight excluding hydrogens is 424 g/mol. The Hall–Kier alpha value is -1.32. The first-order valence-electron chi connectivity index (χ1n) is 7.05. The van der Waals surface area contributed by atoms with Crippen molar-refractivity contribution in [2.45, 2.75) is 19.4 Å². The molecule has 1 saturated heterocycles. The van der Waals surface area contributed by atoms with Gasteiger partial charge >= 0.3 is 6.03 Å². The molecule has 7 nitrogen and oxygen atoms in total. The number of amides is 3. The zero-order valence-corrected chi connectivity index (χ0v) is 15.9. The van der Waals surface area contributed by atoms with E-state index in [0.717, 1.165) is 10.0 Å². The van der Waals surface area contributed by atoms with Crippen molar-refractivity contribution < 1.29 is 22.7 Å². The van der Waals surface area contributed by atoms with Crippen LogP contribution in [0.1, 0.15) is 12.0 Å². The minimum Gasteiger partial charge on any atom is -0.482 e. The molecule has 3 amide bonds. The second kappa shape index (κ2) is 7.71. The Balaban J connectivity index is 1.82. The van der Waals surface area contributed by atoms with Crippen molar-refractivity contribution in [1.29, 1.82) is 0 Å². The van der Waals surface area contributed by atoms with Gasteiger partial charge in [-0.2, -0.15) is 0 Å². The van der Waals surface area contributed by atoms with E-state index in [1.807, 2.05) is 0 Å². The molecule has 2 rings (SSSR count). The number of hydrogen-bond acceptors (Lipinski definition) is 5. The fraction of sp³-hybridized carbons (Fsp3) is 0.429. The van der Waals surface area contributed by atoms with Crippen LogP contribution in [0.25, 0.3) is 0 Å². The number of sulfone groups is 1. The number of aryl methyl sites for hydroxylation is 1. The molecule has 1 heterocycles. The number of hydrogen-bond donors (Lipinski definition) is 2. The van der Waals surface area contributed by atoms with E-state index < -0.39 is 34.4 Å². The van der Waals surface area contributed by atoms with Crippen molar-refractivity contribution in [3.8, 4) is 5.75 Å². The first-order chi connectivity index (χ1) is 11.2. The Morgan fingerprint density at radius 2 is 2.12 bits per heavy atom. The highest BCUT2D eigenvalue weighted by atomic mass is 79.9. The number of rotatable bonds is 4. The Bertz CT molecular complexity index is 745. The number of carbonyl (C=O) groups excluding carboxylic acids is 2. The molecular formula is C14H16BrClN2O5S. The molecule has 0 aliphatic carbocycles. The van der Waals surface area contributed by atoms with Gasteiger partial charge in [0, 0.05) is 10.5 Å². The van der Waals surface area contributed by atoms with E-state index in [1.54, 1.807) is 19.1 Å². The summed E-state index contributed by atoms with van der Waals surface area (Å²) >= 11 is 9.34. The lowest BCUT2D eigenvalue weighted by Gasteiger charge is -2.13. The van der Waals surface area contributed by atoms with Crippen LogP contribution >= 0.6 is 27.5 Å². The molecule has 1 aliphatic rings. The molecule has 1 atom stereocenters. The second-order valence-electron chi connectivity index (χ2n) is 5.44. The monoisotopic (exact) mass is 438 g/mol. The first-order valence-corrected chi connectivity index (χ1v) is 10.0. The molecule has 0 spiro atoms. The van der Waals surface area contributed by atoms with E-state index in [4.69, 9.17) is 16.3 Å². The van der Waals surface area contributed by atoms with E-state index in [-0.39, 0.29) is 11.5 Å². The van der Waals surface area contributed by atoms with Crippen LogP contribution in [0.5, 0.6) is 5.75 Å². The van der Waals surface area contributed by atoms with Crippen LogP contribution in [0.3, 0.4) is 0 Å². The van der Waals surface area contributed by atoms with Crippen LogP contribution in [-0.4, -0.2) is 44.5 Å². The van der Waals surface area contributed by atoms with Gasteiger partial charge in [0.1, 0.15) is 5.75 Å². The topological polar surface area (TPSA) is 102 Å². The number of ether oxygens (including phenoxy) is 1. The molecule has 1 aliphatic heterocycles. The normalized spacial score (nSPS) is 18.9. The molecule has 24 heavy (non-hydrogen) atoms. The second-order valence-corrected chi connectivity index (χ2v) is 9.00. The molecule has 0 aromatic heterocycles. The maximum atomic E-state index is 11.7. The van der Waals surface area contributed by atoms with E-state index in [0.29, 0.717) is 17.2 Å². The lowest BCUT2D eigenvalue weighted by Crippen LogP contribution is -2.46. The summed E-state index contributed by atoms with van der Waals surface area (Å²) in [4.78, 5) is 23.4. The minimum absolute atomic E-state index is 0.0380. The summed E-state index contributed by atoms with van der Waals surface area (Å²) in [6, 6.07) is 2.19. The van der Waals surface area contributed by atoms with Gasteiger partial charge in [0.2, 0.25) is 0 Å². The van der Waals surface area contributed by atoms with Gasteiger partial charge in [0.15, 0.2) is 16.4 Å². The summed E-state index contributed by atoms with van der Waals surface area (Å²) in [5, 5.41) is 4.89.